The molecule has 0 aliphatic carbocycles. The molecule has 0 fully saturated rings. The summed E-state index contributed by atoms with van der Waals surface area (Å²) in [5.41, 5.74) is 3.50. The number of hydrogen-bond acceptors (Lipinski definition) is 2. The largest absolute Gasteiger partial charge is 0.496 e. The molecule has 3 aromatic rings. The van der Waals surface area contributed by atoms with Crippen molar-refractivity contribution in [1.82, 2.24) is 4.98 Å². The van der Waals surface area contributed by atoms with Crippen LogP contribution in [0.15, 0.2) is 53.1 Å². The fourth-order valence-electron chi connectivity index (χ4n) is 2.28. The van der Waals surface area contributed by atoms with Crippen LogP contribution in [-0.2, 0) is 6.54 Å². The van der Waals surface area contributed by atoms with E-state index in [-0.39, 0.29) is 0 Å². The first-order valence-corrected chi connectivity index (χ1v) is 7.19. The fourth-order valence-corrected chi connectivity index (χ4v) is 2.82. The van der Waals surface area contributed by atoms with Gasteiger partial charge in [-0.25, -0.2) is 0 Å². The molecular formula is C16H15BrN2O. The summed E-state index contributed by atoms with van der Waals surface area (Å²) in [5, 5.41) is 4.69. The standard InChI is InChI=1S/C16H15BrN2O/c1-20-16-6-5-12(9-14(16)17)19-10-11-3-2-4-15-13(11)7-8-18-15/h2-9,18-19H,10H2,1H3. The minimum atomic E-state index is 0.786. The Labute approximate surface area is 126 Å². The van der Waals surface area contributed by atoms with Crippen LogP contribution in [-0.4, -0.2) is 12.1 Å². The lowest BCUT2D eigenvalue weighted by Gasteiger charge is -2.10. The van der Waals surface area contributed by atoms with E-state index in [1.807, 2.05) is 24.4 Å². The lowest BCUT2D eigenvalue weighted by Crippen LogP contribution is -2.00. The molecule has 0 aliphatic rings. The van der Waals surface area contributed by atoms with Crippen LogP contribution in [0.5, 0.6) is 5.75 Å². The summed E-state index contributed by atoms with van der Waals surface area (Å²) in [7, 11) is 1.67. The molecule has 0 radical (unpaired) electrons. The third-order valence-corrected chi connectivity index (χ3v) is 3.94. The molecule has 102 valence electrons. The maximum atomic E-state index is 5.23. The average Bonchev–Trinajstić information content (AvgIpc) is 2.94. The van der Waals surface area contributed by atoms with Crippen molar-refractivity contribution in [2.45, 2.75) is 6.54 Å². The predicted molar refractivity (Wildman–Crippen MR) is 86.3 cm³/mol. The molecule has 4 heteroatoms. The number of ether oxygens (including phenoxy) is 1. The Hall–Kier alpha value is -1.94. The topological polar surface area (TPSA) is 37.0 Å². The van der Waals surface area contributed by atoms with Crippen LogP contribution in [0.4, 0.5) is 5.69 Å². The average molecular weight is 331 g/mol. The summed E-state index contributed by atoms with van der Waals surface area (Å²) < 4.78 is 6.18. The Morgan fingerprint density at radius 2 is 2.10 bits per heavy atom. The van der Waals surface area contributed by atoms with E-state index in [0.717, 1.165) is 22.5 Å². The first kappa shape index (κ1) is 13.1. The Kier molecular flexibility index (Phi) is 3.65. The number of methoxy groups -OCH3 is 1. The van der Waals surface area contributed by atoms with Gasteiger partial charge in [-0.15, -0.1) is 0 Å². The van der Waals surface area contributed by atoms with E-state index < -0.39 is 0 Å². The Morgan fingerprint density at radius 1 is 1.20 bits per heavy atom. The number of fused-ring (bicyclic) bond motifs is 1. The molecule has 0 aliphatic heterocycles. The third kappa shape index (κ3) is 2.51. The zero-order valence-corrected chi connectivity index (χ0v) is 12.7. The molecule has 0 spiro atoms. The first-order chi connectivity index (χ1) is 9.78. The summed E-state index contributed by atoms with van der Waals surface area (Å²) in [6, 6.07) is 14.4. The van der Waals surface area contributed by atoms with Crippen LogP contribution in [0.25, 0.3) is 10.9 Å². The molecule has 1 heterocycles. The summed E-state index contributed by atoms with van der Waals surface area (Å²) in [6.07, 6.45) is 1.97. The molecule has 0 bridgehead atoms. The second-order valence-electron chi connectivity index (χ2n) is 4.56. The number of hydrogen-bond donors (Lipinski definition) is 2. The number of rotatable bonds is 4. The van der Waals surface area contributed by atoms with E-state index in [1.54, 1.807) is 7.11 Å². The van der Waals surface area contributed by atoms with Gasteiger partial charge in [0.25, 0.3) is 0 Å². The number of aromatic amines is 1. The zero-order valence-electron chi connectivity index (χ0n) is 11.1. The molecule has 3 rings (SSSR count). The van der Waals surface area contributed by atoms with Crippen LogP contribution in [0.2, 0.25) is 0 Å². The zero-order chi connectivity index (χ0) is 13.9. The quantitative estimate of drug-likeness (QED) is 0.736. The number of aromatic nitrogens is 1. The second kappa shape index (κ2) is 5.59. The monoisotopic (exact) mass is 330 g/mol. The molecule has 0 atom stereocenters. The highest BCUT2D eigenvalue weighted by atomic mass is 79.9. The van der Waals surface area contributed by atoms with E-state index >= 15 is 0 Å². The van der Waals surface area contributed by atoms with Gasteiger partial charge in [0.05, 0.1) is 11.6 Å². The molecular weight excluding hydrogens is 316 g/mol. The van der Waals surface area contributed by atoms with Crippen molar-refractivity contribution in [1.29, 1.82) is 0 Å². The molecule has 1 aromatic heterocycles. The number of anilines is 1. The highest BCUT2D eigenvalue weighted by Crippen LogP contribution is 2.28. The van der Waals surface area contributed by atoms with Crippen LogP contribution in [0.1, 0.15) is 5.56 Å². The van der Waals surface area contributed by atoms with E-state index in [2.05, 4.69) is 50.5 Å². The van der Waals surface area contributed by atoms with Crippen LogP contribution in [0.3, 0.4) is 0 Å². The van der Waals surface area contributed by atoms with Gasteiger partial charge < -0.3 is 15.0 Å². The van der Waals surface area contributed by atoms with E-state index in [0.29, 0.717) is 0 Å². The van der Waals surface area contributed by atoms with Crippen molar-refractivity contribution in [3.63, 3.8) is 0 Å². The lowest BCUT2D eigenvalue weighted by molar-refractivity contribution is 0.412. The summed E-state index contributed by atoms with van der Waals surface area (Å²) in [5.74, 6) is 0.836. The van der Waals surface area contributed by atoms with Gasteiger partial charge >= 0.3 is 0 Å². The Morgan fingerprint density at radius 3 is 2.90 bits per heavy atom. The normalized spacial score (nSPS) is 10.7. The molecule has 0 unspecified atom stereocenters. The molecule has 0 amide bonds. The van der Waals surface area contributed by atoms with Crippen molar-refractivity contribution >= 4 is 32.5 Å². The minimum Gasteiger partial charge on any atom is -0.496 e. The van der Waals surface area contributed by atoms with Crippen LogP contribution < -0.4 is 10.1 Å². The van der Waals surface area contributed by atoms with Crippen molar-refractivity contribution < 1.29 is 4.74 Å². The first-order valence-electron chi connectivity index (χ1n) is 6.40. The van der Waals surface area contributed by atoms with Gasteiger partial charge in [0.2, 0.25) is 0 Å². The summed E-state index contributed by atoms with van der Waals surface area (Å²) >= 11 is 3.50. The maximum Gasteiger partial charge on any atom is 0.133 e. The van der Waals surface area contributed by atoms with Crippen molar-refractivity contribution in [3.8, 4) is 5.75 Å². The predicted octanol–water partition coefficient (Wildman–Crippen LogP) is 4.55. The molecule has 3 nitrogen and oxygen atoms in total. The van der Waals surface area contributed by atoms with Gasteiger partial charge in [-0.05, 0) is 51.8 Å². The van der Waals surface area contributed by atoms with Gasteiger partial charge in [0, 0.05) is 29.3 Å². The molecule has 0 saturated heterocycles. The van der Waals surface area contributed by atoms with Gasteiger partial charge in [-0.2, -0.15) is 0 Å². The molecule has 2 aromatic carbocycles. The Balaban J connectivity index is 1.79. The van der Waals surface area contributed by atoms with E-state index in [9.17, 15) is 0 Å². The van der Waals surface area contributed by atoms with E-state index in [4.69, 9.17) is 4.74 Å². The smallest absolute Gasteiger partial charge is 0.133 e. The SMILES string of the molecule is COc1ccc(NCc2cccc3[nH]ccc23)cc1Br. The summed E-state index contributed by atoms with van der Waals surface area (Å²) in [4.78, 5) is 3.23. The Bertz CT molecular complexity index is 736. The molecule has 0 saturated carbocycles. The van der Waals surface area contributed by atoms with Gasteiger partial charge in [0.15, 0.2) is 0 Å². The van der Waals surface area contributed by atoms with Crippen molar-refractivity contribution in [3.05, 3.63) is 58.7 Å². The van der Waals surface area contributed by atoms with Crippen LogP contribution >= 0.6 is 15.9 Å². The van der Waals surface area contributed by atoms with Crippen molar-refractivity contribution in [2.75, 3.05) is 12.4 Å². The highest BCUT2D eigenvalue weighted by Gasteiger charge is 2.03. The number of halogens is 1. The van der Waals surface area contributed by atoms with Crippen molar-refractivity contribution in [2.24, 2.45) is 0 Å². The van der Waals surface area contributed by atoms with Crippen LogP contribution in [0, 0.1) is 0 Å². The maximum absolute atomic E-state index is 5.23. The summed E-state index contributed by atoms with van der Waals surface area (Å²) in [6.45, 7) is 0.786. The van der Waals surface area contributed by atoms with Gasteiger partial charge in [-0.3, -0.25) is 0 Å². The molecule has 2 N–H and O–H groups in total. The second-order valence-corrected chi connectivity index (χ2v) is 5.41. The molecule has 20 heavy (non-hydrogen) atoms. The van der Waals surface area contributed by atoms with E-state index in [1.165, 1.54) is 16.5 Å². The third-order valence-electron chi connectivity index (χ3n) is 3.32. The highest BCUT2D eigenvalue weighted by molar-refractivity contribution is 9.10. The van der Waals surface area contributed by atoms with Gasteiger partial charge in [-0.1, -0.05) is 12.1 Å². The fraction of sp³-hybridized carbons (Fsp3) is 0.125. The lowest BCUT2D eigenvalue weighted by atomic mass is 10.1. The number of benzene rings is 2. The minimum absolute atomic E-state index is 0.786. The van der Waals surface area contributed by atoms with Gasteiger partial charge in [0.1, 0.15) is 5.75 Å². The number of nitrogens with one attached hydrogen (secondary N) is 2. The number of H-pyrrole nitrogens is 1.